The standard InChI is InChI=1S/C9H15NO3/c1-6(2)8(5-11)10-4-7(12)3-9(10)13/h6,8,11H,3-5H2,1-2H3/t8-/m1/s1. The second-order valence-electron chi connectivity index (χ2n) is 3.73. The largest absolute Gasteiger partial charge is 0.394 e. The molecule has 0 aromatic rings. The monoisotopic (exact) mass is 185 g/mol. The van der Waals surface area contributed by atoms with Crippen molar-refractivity contribution >= 4 is 11.7 Å². The van der Waals surface area contributed by atoms with E-state index in [2.05, 4.69) is 0 Å². The van der Waals surface area contributed by atoms with E-state index in [9.17, 15) is 9.59 Å². The summed E-state index contributed by atoms with van der Waals surface area (Å²) >= 11 is 0. The Morgan fingerprint density at radius 3 is 2.38 bits per heavy atom. The van der Waals surface area contributed by atoms with E-state index in [1.807, 2.05) is 13.8 Å². The summed E-state index contributed by atoms with van der Waals surface area (Å²) in [7, 11) is 0. The van der Waals surface area contributed by atoms with Crippen molar-refractivity contribution in [2.45, 2.75) is 26.3 Å². The number of carbonyl (C=O) groups excluding carboxylic acids is 2. The lowest BCUT2D eigenvalue weighted by atomic mass is 10.0. The Morgan fingerprint density at radius 2 is 2.08 bits per heavy atom. The Kier molecular flexibility index (Phi) is 3.03. The summed E-state index contributed by atoms with van der Waals surface area (Å²) in [5.41, 5.74) is 0. The van der Waals surface area contributed by atoms with Crippen molar-refractivity contribution in [1.29, 1.82) is 0 Å². The van der Waals surface area contributed by atoms with Crippen molar-refractivity contribution in [3.05, 3.63) is 0 Å². The lowest BCUT2D eigenvalue weighted by molar-refractivity contribution is -0.131. The lowest BCUT2D eigenvalue weighted by Crippen LogP contribution is -2.42. The highest BCUT2D eigenvalue weighted by molar-refractivity contribution is 6.05. The van der Waals surface area contributed by atoms with Crippen LogP contribution < -0.4 is 0 Å². The van der Waals surface area contributed by atoms with Crippen LogP contribution in [-0.2, 0) is 9.59 Å². The average molecular weight is 185 g/mol. The number of Topliss-reactive ketones (excluding diaryl/α,β-unsaturated/α-hetero) is 1. The SMILES string of the molecule is CC(C)[C@@H](CO)N1CC(=O)CC1=O. The first-order chi connectivity index (χ1) is 6.06. The normalized spacial score (nSPS) is 20.2. The smallest absolute Gasteiger partial charge is 0.230 e. The summed E-state index contributed by atoms with van der Waals surface area (Å²) in [5, 5.41) is 9.06. The molecule has 74 valence electrons. The van der Waals surface area contributed by atoms with E-state index in [1.165, 1.54) is 4.90 Å². The van der Waals surface area contributed by atoms with E-state index >= 15 is 0 Å². The van der Waals surface area contributed by atoms with Gasteiger partial charge in [-0.05, 0) is 5.92 Å². The Labute approximate surface area is 77.5 Å². The quantitative estimate of drug-likeness (QED) is 0.620. The molecule has 1 heterocycles. The van der Waals surface area contributed by atoms with Crippen molar-refractivity contribution in [2.75, 3.05) is 13.2 Å². The molecule has 0 aliphatic carbocycles. The topological polar surface area (TPSA) is 57.6 Å². The zero-order valence-electron chi connectivity index (χ0n) is 7.99. The molecular weight excluding hydrogens is 170 g/mol. The molecule has 1 aliphatic rings. The molecule has 0 radical (unpaired) electrons. The number of aliphatic hydroxyl groups excluding tert-OH is 1. The minimum Gasteiger partial charge on any atom is -0.394 e. The van der Waals surface area contributed by atoms with Gasteiger partial charge in [-0.25, -0.2) is 0 Å². The third-order valence-corrected chi connectivity index (χ3v) is 2.37. The van der Waals surface area contributed by atoms with Crippen molar-refractivity contribution in [1.82, 2.24) is 4.90 Å². The molecule has 4 heteroatoms. The molecule has 1 atom stereocenters. The third kappa shape index (κ3) is 2.06. The fourth-order valence-electron chi connectivity index (χ4n) is 1.58. The Morgan fingerprint density at radius 1 is 1.46 bits per heavy atom. The van der Waals surface area contributed by atoms with Gasteiger partial charge in [0.2, 0.25) is 5.91 Å². The molecule has 0 unspecified atom stereocenters. The summed E-state index contributed by atoms with van der Waals surface area (Å²) in [6.45, 7) is 3.95. The number of ketones is 1. The van der Waals surface area contributed by atoms with Gasteiger partial charge in [-0.3, -0.25) is 9.59 Å². The van der Waals surface area contributed by atoms with Crippen molar-refractivity contribution in [3.8, 4) is 0 Å². The van der Waals surface area contributed by atoms with Gasteiger partial charge < -0.3 is 10.0 Å². The van der Waals surface area contributed by atoms with Crippen molar-refractivity contribution in [2.24, 2.45) is 5.92 Å². The fourth-order valence-corrected chi connectivity index (χ4v) is 1.58. The first kappa shape index (κ1) is 10.2. The summed E-state index contributed by atoms with van der Waals surface area (Å²) in [4.78, 5) is 23.7. The van der Waals surface area contributed by atoms with E-state index < -0.39 is 0 Å². The van der Waals surface area contributed by atoms with Crippen LogP contribution in [0.1, 0.15) is 20.3 Å². The van der Waals surface area contributed by atoms with Gasteiger partial charge in [-0.1, -0.05) is 13.8 Å². The molecule has 4 nitrogen and oxygen atoms in total. The minimum absolute atomic E-state index is 0.00319. The van der Waals surface area contributed by atoms with Crippen LogP contribution in [0.15, 0.2) is 0 Å². The number of hydrogen-bond donors (Lipinski definition) is 1. The predicted molar refractivity (Wildman–Crippen MR) is 47.0 cm³/mol. The molecular formula is C9H15NO3. The van der Waals surface area contributed by atoms with E-state index in [1.54, 1.807) is 0 Å². The van der Waals surface area contributed by atoms with E-state index in [-0.39, 0.29) is 43.2 Å². The summed E-state index contributed by atoms with van der Waals surface area (Å²) < 4.78 is 0. The molecule has 0 bridgehead atoms. The number of rotatable bonds is 3. The maximum absolute atomic E-state index is 11.3. The zero-order chi connectivity index (χ0) is 10.0. The first-order valence-corrected chi connectivity index (χ1v) is 4.48. The van der Waals surface area contributed by atoms with Gasteiger partial charge in [0.25, 0.3) is 0 Å². The van der Waals surface area contributed by atoms with Crippen LogP contribution in [0.3, 0.4) is 0 Å². The summed E-state index contributed by atoms with van der Waals surface area (Å²) in [6, 6.07) is -0.209. The van der Waals surface area contributed by atoms with Crippen LogP contribution in [0.4, 0.5) is 0 Å². The van der Waals surface area contributed by atoms with E-state index in [0.717, 1.165) is 0 Å². The van der Waals surface area contributed by atoms with Crippen LogP contribution in [-0.4, -0.2) is 40.9 Å². The van der Waals surface area contributed by atoms with E-state index in [0.29, 0.717) is 0 Å². The molecule has 13 heavy (non-hydrogen) atoms. The molecule has 0 saturated carbocycles. The number of likely N-dealkylation sites (tertiary alicyclic amines) is 1. The second-order valence-corrected chi connectivity index (χ2v) is 3.73. The number of carbonyl (C=O) groups is 2. The maximum Gasteiger partial charge on any atom is 0.230 e. The number of aliphatic hydroxyl groups is 1. The highest BCUT2D eigenvalue weighted by Crippen LogP contribution is 2.16. The number of amides is 1. The van der Waals surface area contributed by atoms with Gasteiger partial charge in [0.05, 0.1) is 25.6 Å². The van der Waals surface area contributed by atoms with Gasteiger partial charge in [0.15, 0.2) is 5.78 Å². The van der Waals surface area contributed by atoms with Gasteiger partial charge in [-0.15, -0.1) is 0 Å². The van der Waals surface area contributed by atoms with Crippen LogP contribution in [0.2, 0.25) is 0 Å². The van der Waals surface area contributed by atoms with Crippen LogP contribution in [0.25, 0.3) is 0 Å². The van der Waals surface area contributed by atoms with Gasteiger partial charge in [0, 0.05) is 0 Å². The van der Waals surface area contributed by atoms with E-state index in [4.69, 9.17) is 5.11 Å². The molecule has 1 N–H and O–H groups in total. The molecule has 0 spiro atoms. The third-order valence-electron chi connectivity index (χ3n) is 2.37. The Bertz CT molecular complexity index is 225. The first-order valence-electron chi connectivity index (χ1n) is 4.48. The summed E-state index contributed by atoms with van der Waals surface area (Å²) in [5.74, 6) is -0.0262. The van der Waals surface area contributed by atoms with Crippen LogP contribution in [0, 0.1) is 5.92 Å². The maximum atomic E-state index is 11.3. The highest BCUT2D eigenvalue weighted by Gasteiger charge is 2.33. The highest BCUT2D eigenvalue weighted by atomic mass is 16.3. The molecule has 1 rings (SSSR count). The molecule has 1 amide bonds. The molecule has 0 aromatic heterocycles. The van der Waals surface area contributed by atoms with Crippen LogP contribution >= 0.6 is 0 Å². The van der Waals surface area contributed by atoms with Crippen molar-refractivity contribution < 1.29 is 14.7 Å². The predicted octanol–water partition coefficient (Wildman–Crippen LogP) is -0.195. The molecule has 1 saturated heterocycles. The average Bonchev–Trinajstić information content (AvgIpc) is 2.31. The molecule has 1 aliphatic heterocycles. The second kappa shape index (κ2) is 3.87. The Balaban J connectivity index is 2.69. The van der Waals surface area contributed by atoms with Gasteiger partial charge >= 0.3 is 0 Å². The van der Waals surface area contributed by atoms with Crippen LogP contribution in [0.5, 0.6) is 0 Å². The molecule has 1 fully saturated rings. The zero-order valence-corrected chi connectivity index (χ0v) is 7.99. The van der Waals surface area contributed by atoms with Crippen molar-refractivity contribution in [3.63, 3.8) is 0 Å². The Hall–Kier alpha value is -0.900. The fraction of sp³-hybridized carbons (Fsp3) is 0.778. The number of nitrogens with zero attached hydrogens (tertiary/aromatic N) is 1. The minimum atomic E-state index is -0.209. The number of hydrogen-bond acceptors (Lipinski definition) is 3. The van der Waals surface area contributed by atoms with Gasteiger partial charge in [0.1, 0.15) is 0 Å². The summed E-state index contributed by atoms with van der Waals surface area (Å²) in [6.07, 6.45) is 0.00319. The van der Waals surface area contributed by atoms with Gasteiger partial charge in [-0.2, -0.15) is 0 Å². The lowest BCUT2D eigenvalue weighted by Gasteiger charge is -2.28. The molecule has 0 aromatic carbocycles.